The van der Waals surface area contributed by atoms with Crippen molar-refractivity contribution in [3.05, 3.63) is 24.8 Å². The molecule has 0 aliphatic heterocycles. The van der Waals surface area contributed by atoms with Crippen LogP contribution >= 0.6 is 0 Å². The Morgan fingerprint density at radius 2 is 2.12 bits per heavy atom. The molecule has 0 saturated carbocycles. The number of hydrogen-bond donors (Lipinski definition) is 1. The Bertz CT molecular complexity index is 219. The molecule has 1 N–H and O–H groups in total. The lowest BCUT2D eigenvalue weighted by atomic mass is 9.93. The maximum Gasteiger partial charge on any atom is 0.303 e. The van der Waals surface area contributed by atoms with Gasteiger partial charge in [0.15, 0.2) is 0 Å². The minimum Gasteiger partial charge on any atom is -0.481 e. The molecule has 0 spiro atoms. The highest BCUT2D eigenvalue weighted by Gasteiger charge is 2.11. The number of aliphatic carboxylic acids is 1. The van der Waals surface area contributed by atoms with E-state index in [4.69, 9.17) is 5.11 Å². The molecule has 0 heterocycles. The van der Waals surface area contributed by atoms with Gasteiger partial charge in [0.05, 0.1) is 0 Å². The van der Waals surface area contributed by atoms with Gasteiger partial charge in [-0.05, 0) is 25.2 Å². The van der Waals surface area contributed by atoms with E-state index in [2.05, 4.69) is 19.6 Å². The van der Waals surface area contributed by atoms with Crippen LogP contribution in [0.25, 0.3) is 0 Å². The number of carbonyl (C=O) groups is 1. The molecule has 2 nitrogen and oxygen atoms in total. The maximum atomic E-state index is 10.7. The number of rotatable bonds is 10. The van der Waals surface area contributed by atoms with Crippen molar-refractivity contribution in [2.24, 2.45) is 5.92 Å². The minimum absolute atomic E-state index is 0.311. The number of allylic oxidation sites excluding steroid dienone is 3. The molecule has 0 saturated heterocycles. The Labute approximate surface area is 99.1 Å². The Morgan fingerprint density at radius 1 is 1.38 bits per heavy atom. The molecule has 0 aromatic rings. The maximum absolute atomic E-state index is 10.7. The zero-order valence-electron chi connectivity index (χ0n) is 10.3. The number of carboxylic acid groups (broad SMARTS) is 1. The van der Waals surface area contributed by atoms with Crippen LogP contribution in [0.5, 0.6) is 0 Å². The zero-order valence-corrected chi connectivity index (χ0v) is 10.3. The quantitative estimate of drug-likeness (QED) is 0.446. The molecule has 0 rings (SSSR count). The molecule has 0 bridgehead atoms. The van der Waals surface area contributed by atoms with Gasteiger partial charge in [0, 0.05) is 6.42 Å². The average molecular weight is 224 g/mol. The summed E-state index contributed by atoms with van der Waals surface area (Å²) in [6.07, 6.45) is 12.6. The SMILES string of the molecule is C=CC=CCCC(CCCCC)CC(=O)O. The highest BCUT2D eigenvalue weighted by Crippen LogP contribution is 2.19. The predicted molar refractivity (Wildman–Crippen MR) is 68.5 cm³/mol. The average Bonchev–Trinajstić information content (AvgIpc) is 2.23. The highest BCUT2D eigenvalue weighted by molar-refractivity contribution is 5.66. The van der Waals surface area contributed by atoms with Gasteiger partial charge in [-0.25, -0.2) is 0 Å². The van der Waals surface area contributed by atoms with Gasteiger partial charge in [-0.15, -0.1) is 0 Å². The van der Waals surface area contributed by atoms with Crippen LogP contribution in [0.3, 0.4) is 0 Å². The van der Waals surface area contributed by atoms with Crippen LogP contribution in [0.15, 0.2) is 24.8 Å². The normalized spacial score (nSPS) is 12.8. The van der Waals surface area contributed by atoms with E-state index >= 15 is 0 Å². The second kappa shape index (κ2) is 10.5. The molecule has 0 aromatic carbocycles. The smallest absolute Gasteiger partial charge is 0.303 e. The lowest BCUT2D eigenvalue weighted by Gasteiger charge is -2.13. The molecule has 0 aliphatic rings. The van der Waals surface area contributed by atoms with Crippen LogP contribution in [0.1, 0.15) is 51.9 Å². The van der Waals surface area contributed by atoms with Crippen molar-refractivity contribution >= 4 is 5.97 Å². The molecule has 0 radical (unpaired) electrons. The van der Waals surface area contributed by atoms with Crippen LogP contribution < -0.4 is 0 Å². The van der Waals surface area contributed by atoms with E-state index < -0.39 is 5.97 Å². The van der Waals surface area contributed by atoms with E-state index in [1.165, 1.54) is 12.8 Å². The van der Waals surface area contributed by atoms with Crippen molar-refractivity contribution in [2.45, 2.75) is 51.9 Å². The van der Waals surface area contributed by atoms with Crippen LogP contribution in [-0.2, 0) is 4.79 Å². The summed E-state index contributed by atoms with van der Waals surface area (Å²) in [4.78, 5) is 10.7. The third-order valence-electron chi connectivity index (χ3n) is 2.69. The summed E-state index contributed by atoms with van der Waals surface area (Å²) in [7, 11) is 0. The summed E-state index contributed by atoms with van der Waals surface area (Å²) in [5.41, 5.74) is 0. The zero-order chi connectivity index (χ0) is 12.2. The molecule has 16 heavy (non-hydrogen) atoms. The molecule has 2 heteroatoms. The molecule has 1 unspecified atom stereocenters. The molecule has 0 amide bonds. The number of hydrogen-bond acceptors (Lipinski definition) is 1. The Kier molecular flexibility index (Phi) is 9.78. The van der Waals surface area contributed by atoms with Gasteiger partial charge in [-0.3, -0.25) is 4.79 Å². The largest absolute Gasteiger partial charge is 0.481 e. The van der Waals surface area contributed by atoms with Gasteiger partial charge in [0.25, 0.3) is 0 Å². The number of carboxylic acids is 1. The second-order valence-electron chi connectivity index (χ2n) is 4.20. The monoisotopic (exact) mass is 224 g/mol. The minimum atomic E-state index is -0.672. The van der Waals surface area contributed by atoms with Crippen molar-refractivity contribution in [2.75, 3.05) is 0 Å². The van der Waals surface area contributed by atoms with Crippen LogP contribution in [0.4, 0.5) is 0 Å². The number of unbranched alkanes of at least 4 members (excludes halogenated alkanes) is 2. The van der Waals surface area contributed by atoms with Crippen molar-refractivity contribution in [1.29, 1.82) is 0 Å². The second-order valence-corrected chi connectivity index (χ2v) is 4.20. The Balaban J connectivity index is 3.84. The van der Waals surface area contributed by atoms with Gasteiger partial charge >= 0.3 is 5.97 Å². The summed E-state index contributed by atoms with van der Waals surface area (Å²) < 4.78 is 0. The Hall–Kier alpha value is -1.05. The molecule has 0 aromatic heterocycles. The van der Waals surface area contributed by atoms with Gasteiger partial charge in [-0.1, -0.05) is 51.0 Å². The first-order valence-corrected chi connectivity index (χ1v) is 6.20. The molecule has 0 fully saturated rings. The fourth-order valence-corrected chi connectivity index (χ4v) is 1.80. The fourth-order valence-electron chi connectivity index (χ4n) is 1.80. The van der Waals surface area contributed by atoms with Gasteiger partial charge in [-0.2, -0.15) is 0 Å². The summed E-state index contributed by atoms with van der Waals surface area (Å²) in [5.74, 6) is -0.340. The van der Waals surface area contributed by atoms with Crippen molar-refractivity contribution in [3.63, 3.8) is 0 Å². The van der Waals surface area contributed by atoms with Crippen LogP contribution in [-0.4, -0.2) is 11.1 Å². The first kappa shape index (κ1) is 14.9. The first-order valence-electron chi connectivity index (χ1n) is 6.20. The predicted octanol–water partition coefficient (Wildman–Crippen LogP) is 4.18. The molecular formula is C14H24O2. The van der Waals surface area contributed by atoms with E-state index in [1.54, 1.807) is 6.08 Å². The third kappa shape index (κ3) is 9.50. The van der Waals surface area contributed by atoms with Crippen molar-refractivity contribution in [3.8, 4) is 0 Å². The van der Waals surface area contributed by atoms with E-state index in [0.29, 0.717) is 12.3 Å². The molecule has 1 atom stereocenters. The van der Waals surface area contributed by atoms with Crippen molar-refractivity contribution in [1.82, 2.24) is 0 Å². The van der Waals surface area contributed by atoms with Gasteiger partial charge in [0.2, 0.25) is 0 Å². The highest BCUT2D eigenvalue weighted by atomic mass is 16.4. The van der Waals surface area contributed by atoms with Crippen molar-refractivity contribution < 1.29 is 9.90 Å². The Morgan fingerprint density at radius 3 is 2.69 bits per heavy atom. The fraction of sp³-hybridized carbons (Fsp3) is 0.643. The summed E-state index contributed by atoms with van der Waals surface area (Å²) in [6.45, 7) is 5.77. The van der Waals surface area contributed by atoms with E-state index in [9.17, 15) is 4.79 Å². The summed E-state index contributed by atoms with van der Waals surface area (Å²) in [6, 6.07) is 0. The molecule has 92 valence electrons. The standard InChI is InChI=1S/C14H24O2/c1-3-5-7-9-11-13(12-14(15)16)10-8-6-4-2/h3,5,7,13H,1,4,6,8-12H2,2H3,(H,15,16). The van der Waals surface area contributed by atoms with E-state index in [1.807, 2.05) is 6.08 Å². The van der Waals surface area contributed by atoms with E-state index in [-0.39, 0.29) is 0 Å². The summed E-state index contributed by atoms with van der Waals surface area (Å²) in [5, 5.41) is 8.81. The lowest BCUT2D eigenvalue weighted by Crippen LogP contribution is -2.07. The van der Waals surface area contributed by atoms with Gasteiger partial charge in [0.1, 0.15) is 0 Å². The lowest BCUT2D eigenvalue weighted by molar-refractivity contribution is -0.138. The van der Waals surface area contributed by atoms with Crippen LogP contribution in [0, 0.1) is 5.92 Å². The molecule has 0 aliphatic carbocycles. The van der Waals surface area contributed by atoms with E-state index in [0.717, 1.165) is 25.7 Å². The molecular weight excluding hydrogens is 200 g/mol. The van der Waals surface area contributed by atoms with Crippen LogP contribution in [0.2, 0.25) is 0 Å². The summed E-state index contributed by atoms with van der Waals surface area (Å²) >= 11 is 0. The third-order valence-corrected chi connectivity index (χ3v) is 2.69. The first-order chi connectivity index (χ1) is 7.70. The topological polar surface area (TPSA) is 37.3 Å². The van der Waals surface area contributed by atoms with Gasteiger partial charge < -0.3 is 5.11 Å².